The number of aromatic nitrogens is 2. The van der Waals surface area contributed by atoms with Gasteiger partial charge in [0.1, 0.15) is 18.1 Å². The summed E-state index contributed by atoms with van der Waals surface area (Å²) in [6, 6.07) is 3.98. The number of aromatic amines is 1. The van der Waals surface area contributed by atoms with Crippen molar-refractivity contribution >= 4 is 17.5 Å². The summed E-state index contributed by atoms with van der Waals surface area (Å²) < 4.78 is 6.16. The van der Waals surface area contributed by atoms with Crippen LogP contribution in [0.2, 0.25) is 5.02 Å². The zero-order valence-corrected chi connectivity index (χ0v) is 16.8. The molecule has 3 rings (SSSR count). The van der Waals surface area contributed by atoms with E-state index in [1.807, 2.05) is 24.0 Å². The Morgan fingerprint density at radius 1 is 1.38 bits per heavy atom. The van der Waals surface area contributed by atoms with E-state index in [9.17, 15) is 4.79 Å². The minimum Gasteiger partial charge on any atom is -0.487 e. The fourth-order valence-corrected chi connectivity index (χ4v) is 3.41. The van der Waals surface area contributed by atoms with E-state index >= 15 is 0 Å². The first-order valence-corrected chi connectivity index (χ1v) is 9.28. The van der Waals surface area contributed by atoms with E-state index in [1.54, 1.807) is 6.92 Å². The van der Waals surface area contributed by atoms with E-state index in [0.717, 1.165) is 51.8 Å². The zero-order valence-electron chi connectivity index (χ0n) is 16.1. The summed E-state index contributed by atoms with van der Waals surface area (Å²) in [5, 5.41) is 8.27. The number of ether oxygens (including phenoxy) is 1. The van der Waals surface area contributed by atoms with E-state index in [4.69, 9.17) is 16.3 Å². The lowest BCUT2D eigenvalue weighted by Crippen LogP contribution is -2.34. The number of carbonyl (C=O) groups is 1. The predicted molar refractivity (Wildman–Crippen MR) is 103 cm³/mol. The van der Waals surface area contributed by atoms with Crippen molar-refractivity contribution in [2.45, 2.75) is 59.6 Å². The van der Waals surface area contributed by atoms with Gasteiger partial charge >= 0.3 is 0 Å². The molecular formula is C20H26ClN3O2. The number of aryl methyl sites for hydroxylation is 1. The highest BCUT2D eigenvalue weighted by atomic mass is 35.5. The molecule has 0 atom stereocenters. The first kappa shape index (κ1) is 18.8. The summed E-state index contributed by atoms with van der Waals surface area (Å²) >= 11 is 6.32. The van der Waals surface area contributed by atoms with Crippen LogP contribution in [0.5, 0.6) is 5.75 Å². The summed E-state index contributed by atoms with van der Waals surface area (Å²) in [5.74, 6) is 0.919. The average Bonchev–Trinajstić information content (AvgIpc) is 2.96. The maximum atomic E-state index is 11.7. The molecule has 140 valence electrons. The van der Waals surface area contributed by atoms with Gasteiger partial charge in [0.25, 0.3) is 0 Å². The zero-order chi connectivity index (χ0) is 19.1. The largest absolute Gasteiger partial charge is 0.487 e. The van der Waals surface area contributed by atoms with E-state index in [1.165, 1.54) is 0 Å². The van der Waals surface area contributed by atoms with Crippen molar-refractivity contribution in [3.63, 3.8) is 0 Å². The number of nitrogens with zero attached hydrogens (tertiary/aromatic N) is 2. The topological polar surface area (TPSA) is 58.2 Å². The number of nitrogens with one attached hydrogen (secondary N) is 1. The molecule has 1 aliphatic heterocycles. The fourth-order valence-electron chi connectivity index (χ4n) is 3.25. The molecule has 0 bridgehead atoms. The first-order chi connectivity index (χ1) is 12.2. The van der Waals surface area contributed by atoms with Gasteiger partial charge in [0.05, 0.1) is 0 Å². The van der Waals surface area contributed by atoms with Crippen LogP contribution in [-0.2, 0) is 29.8 Å². The molecule has 5 nitrogen and oxygen atoms in total. The Hall–Kier alpha value is -2.01. The summed E-state index contributed by atoms with van der Waals surface area (Å²) in [7, 11) is 0. The number of benzene rings is 1. The van der Waals surface area contributed by atoms with Crippen LogP contribution in [-0.4, -0.2) is 27.5 Å². The smallest absolute Gasteiger partial charge is 0.219 e. The highest BCUT2D eigenvalue weighted by Crippen LogP contribution is 2.36. The Morgan fingerprint density at radius 3 is 2.77 bits per heavy atom. The quantitative estimate of drug-likeness (QED) is 0.876. The molecule has 0 spiro atoms. The summed E-state index contributed by atoms with van der Waals surface area (Å²) in [6.45, 7) is 11.7. The summed E-state index contributed by atoms with van der Waals surface area (Å²) in [5.41, 5.74) is 5.02. The van der Waals surface area contributed by atoms with Crippen molar-refractivity contribution in [3.05, 3.63) is 45.2 Å². The fraction of sp³-hybridized carbons (Fsp3) is 0.500. The van der Waals surface area contributed by atoms with Crippen molar-refractivity contribution in [3.8, 4) is 5.75 Å². The number of H-pyrrole nitrogens is 1. The standard InChI is InChI=1S/C20H26ClN3O2/c1-12-8-19(15(9-16(12)21)20(3,4)5)26-11-18-14-10-24(13(2)25)7-6-17(14)22-23-18/h8-9H,6-7,10-11H2,1-5H3,(H,22,23). The molecule has 26 heavy (non-hydrogen) atoms. The second-order valence-electron chi connectivity index (χ2n) is 7.95. The highest BCUT2D eigenvalue weighted by Gasteiger charge is 2.25. The van der Waals surface area contributed by atoms with Crippen LogP contribution in [0.15, 0.2) is 12.1 Å². The Bertz CT molecular complexity index is 836. The predicted octanol–water partition coefficient (Wildman–Crippen LogP) is 4.15. The molecule has 2 aromatic rings. The third-order valence-corrected chi connectivity index (χ3v) is 5.30. The van der Waals surface area contributed by atoms with Crippen LogP contribution in [0.3, 0.4) is 0 Å². The number of fused-ring (bicyclic) bond motifs is 1. The van der Waals surface area contributed by atoms with Crippen molar-refractivity contribution in [1.82, 2.24) is 15.1 Å². The van der Waals surface area contributed by atoms with E-state index < -0.39 is 0 Å². The van der Waals surface area contributed by atoms with E-state index in [-0.39, 0.29) is 11.3 Å². The molecule has 0 unspecified atom stereocenters. The average molecular weight is 376 g/mol. The van der Waals surface area contributed by atoms with Gasteiger partial charge < -0.3 is 9.64 Å². The van der Waals surface area contributed by atoms with Gasteiger partial charge in [-0.05, 0) is 30.0 Å². The molecule has 0 aliphatic carbocycles. The molecular weight excluding hydrogens is 350 g/mol. The van der Waals surface area contributed by atoms with Crippen LogP contribution < -0.4 is 4.74 Å². The molecule has 1 aromatic carbocycles. The lowest BCUT2D eigenvalue weighted by atomic mass is 9.86. The molecule has 1 N–H and O–H groups in total. The van der Waals surface area contributed by atoms with Crippen LogP contribution in [0.25, 0.3) is 0 Å². The third kappa shape index (κ3) is 3.73. The van der Waals surface area contributed by atoms with Crippen LogP contribution in [0.4, 0.5) is 0 Å². The van der Waals surface area contributed by atoms with Crippen molar-refractivity contribution in [1.29, 1.82) is 0 Å². The third-order valence-electron chi connectivity index (χ3n) is 4.90. The van der Waals surface area contributed by atoms with Gasteiger partial charge in [0.2, 0.25) is 5.91 Å². The molecule has 0 saturated heterocycles. The second kappa shape index (κ2) is 6.95. The van der Waals surface area contributed by atoms with Gasteiger partial charge in [-0.15, -0.1) is 0 Å². The SMILES string of the molecule is CC(=O)N1CCc2[nH]nc(COc3cc(C)c(Cl)cc3C(C)(C)C)c2C1. The molecule has 1 amide bonds. The molecule has 0 fully saturated rings. The number of hydrogen-bond donors (Lipinski definition) is 1. The highest BCUT2D eigenvalue weighted by molar-refractivity contribution is 6.31. The van der Waals surface area contributed by atoms with Crippen molar-refractivity contribution < 1.29 is 9.53 Å². The Morgan fingerprint density at radius 2 is 2.12 bits per heavy atom. The molecule has 6 heteroatoms. The molecule has 0 radical (unpaired) electrons. The molecule has 0 saturated carbocycles. The monoisotopic (exact) mass is 375 g/mol. The van der Waals surface area contributed by atoms with Gasteiger partial charge in [0.15, 0.2) is 0 Å². The minimum absolute atomic E-state index is 0.0803. The lowest BCUT2D eigenvalue weighted by molar-refractivity contribution is -0.129. The van der Waals surface area contributed by atoms with Crippen LogP contribution in [0, 0.1) is 6.92 Å². The van der Waals surface area contributed by atoms with Crippen molar-refractivity contribution in [2.75, 3.05) is 6.54 Å². The number of amides is 1. The minimum atomic E-state index is -0.0803. The molecule has 1 aliphatic rings. The number of carbonyl (C=O) groups excluding carboxylic acids is 1. The maximum Gasteiger partial charge on any atom is 0.219 e. The van der Waals surface area contributed by atoms with E-state index in [2.05, 4.69) is 31.0 Å². The Balaban J connectivity index is 1.84. The van der Waals surface area contributed by atoms with Gasteiger partial charge in [-0.1, -0.05) is 32.4 Å². The van der Waals surface area contributed by atoms with Gasteiger partial charge in [-0.3, -0.25) is 9.89 Å². The van der Waals surface area contributed by atoms with Crippen molar-refractivity contribution in [2.24, 2.45) is 0 Å². The van der Waals surface area contributed by atoms with Crippen LogP contribution >= 0.6 is 11.6 Å². The summed E-state index contributed by atoms with van der Waals surface area (Å²) in [4.78, 5) is 13.5. The van der Waals surface area contributed by atoms with Gasteiger partial charge in [-0.2, -0.15) is 5.10 Å². The second-order valence-corrected chi connectivity index (χ2v) is 8.36. The number of rotatable bonds is 3. The molecule has 1 aromatic heterocycles. The Kier molecular flexibility index (Phi) is 5.02. The lowest BCUT2D eigenvalue weighted by Gasteiger charge is -2.26. The number of halogens is 1. The molecule has 2 heterocycles. The normalized spacial score (nSPS) is 14.3. The van der Waals surface area contributed by atoms with E-state index in [0.29, 0.717) is 13.2 Å². The summed E-state index contributed by atoms with van der Waals surface area (Å²) in [6.07, 6.45) is 0.801. The van der Waals surface area contributed by atoms with Crippen LogP contribution in [0.1, 0.15) is 55.8 Å². The van der Waals surface area contributed by atoms with Gasteiger partial charge in [-0.25, -0.2) is 0 Å². The first-order valence-electron chi connectivity index (χ1n) is 8.90. The maximum absolute atomic E-state index is 11.7. The number of hydrogen-bond acceptors (Lipinski definition) is 3. The van der Waals surface area contributed by atoms with Gasteiger partial charge in [0, 0.05) is 48.3 Å². The Labute approximate surface area is 159 Å².